The molecule has 0 aromatic heterocycles. The second-order valence-corrected chi connectivity index (χ2v) is 5.65. The maximum absolute atomic E-state index is 11.3. The van der Waals surface area contributed by atoms with Gasteiger partial charge in [-0.15, -0.1) is 0 Å². The molecule has 4 heteroatoms. The molecular weight excluding hydrogens is 250 g/mol. The Balaban J connectivity index is 2.36. The van der Waals surface area contributed by atoms with Crippen molar-refractivity contribution in [3.63, 3.8) is 0 Å². The molecule has 0 atom stereocenters. The van der Waals surface area contributed by atoms with E-state index in [-0.39, 0.29) is 11.3 Å². The van der Waals surface area contributed by atoms with Crippen LogP contribution in [-0.4, -0.2) is 31.1 Å². The number of hydrogen-bond donors (Lipinski definition) is 0. The van der Waals surface area contributed by atoms with Crippen molar-refractivity contribution in [3.05, 3.63) is 28.8 Å². The van der Waals surface area contributed by atoms with E-state index in [1.54, 1.807) is 13.0 Å². The third-order valence-electron chi connectivity index (χ3n) is 3.29. The van der Waals surface area contributed by atoms with Gasteiger partial charge in [0.25, 0.3) is 0 Å². The van der Waals surface area contributed by atoms with E-state index in [0.717, 1.165) is 12.2 Å². The Bertz CT molecular complexity index is 471. The van der Waals surface area contributed by atoms with E-state index >= 15 is 0 Å². The highest BCUT2D eigenvalue weighted by Gasteiger charge is 2.31. The number of nitrogens with zero attached hydrogens (tertiary/aromatic N) is 1. The van der Waals surface area contributed by atoms with E-state index in [9.17, 15) is 4.79 Å². The monoisotopic (exact) mass is 267 g/mol. The molecule has 0 amide bonds. The summed E-state index contributed by atoms with van der Waals surface area (Å²) in [7, 11) is 0. The molecular formula is C14H18ClNO2. The Hall–Kier alpha value is -1.06. The number of Topliss-reactive ketones (excluding diaryl/α,β-unsaturated/α-hetero) is 1. The lowest BCUT2D eigenvalue weighted by molar-refractivity contribution is 0.0644. The average Bonchev–Trinajstić information content (AvgIpc) is 2.29. The highest BCUT2D eigenvalue weighted by atomic mass is 35.5. The van der Waals surface area contributed by atoms with Crippen LogP contribution in [0.4, 0.5) is 5.69 Å². The van der Waals surface area contributed by atoms with Crippen molar-refractivity contribution in [2.45, 2.75) is 26.3 Å². The molecule has 1 aliphatic heterocycles. The van der Waals surface area contributed by atoms with E-state index in [4.69, 9.17) is 16.3 Å². The standard InChI is InChI=1S/C14H18ClNO2/c1-10(17)11-4-5-13(12(15)8-11)16-6-7-18-9-14(16,2)3/h4-5,8H,6-7,9H2,1-3H3. The van der Waals surface area contributed by atoms with E-state index < -0.39 is 0 Å². The van der Waals surface area contributed by atoms with Gasteiger partial charge in [-0.05, 0) is 39.0 Å². The summed E-state index contributed by atoms with van der Waals surface area (Å²) >= 11 is 6.30. The molecule has 2 rings (SSSR count). The minimum Gasteiger partial charge on any atom is -0.377 e. The zero-order chi connectivity index (χ0) is 13.3. The average molecular weight is 268 g/mol. The molecule has 1 aromatic carbocycles. The molecule has 1 aromatic rings. The molecule has 1 aliphatic rings. The minimum atomic E-state index is -0.0837. The van der Waals surface area contributed by atoms with Crippen LogP contribution in [0.15, 0.2) is 18.2 Å². The maximum atomic E-state index is 11.3. The van der Waals surface area contributed by atoms with Crippen molar-refractivity contribution >= 4 is 23.1 Å². The van der Waals surface area contributed by atoms with Gasteiger partial charge in [0.05, 0.1) is 29.5 Å². The Morgan fingerprint density at radius 2 is 2.17 bits per heavy atom. The first-order chi connectivity index (χ1) is 8.42. The van der Waals surface area contributed by atoms with Gasteiger partial charge < -0.3 is 9.64 Å². The van der Waals surface area contributed by atoms with Crippen LogP contribution in [0.2, 0.25) is 5.02 Å². The van der Waals surface area contributed by atoms with Crippen LogP contribution in [0.5, 0.6) is 0 Å². The fourth-order valence-corrected chi connectivity index (χ4v) is 2.53. The normalized spacial score (nSPS) is 18.8. The molecule has 0 unspecified atom stereocenters. The number of carbonyl (C=O) groups is 1. The van der Waals surface area contributed by atoms with Gasteiger partial charge >= 0.3 is 0 Å². The number of rotatable bonds is 2. The number of anilines is 1. The van der Waals surface area contributed by atoms with Crippen molar-refractivity contribution in [2.75, 3.05) is 24.7 Å². The fraction of sp³-hybridized carbons (Fsp3) is 0.500. The molecule has 98 valence electrons. The molecule has 0 bridgehead atoms. The van der Waals surface area contributed by atoms with Crippen LogP contribution >= 0.6 is 11.6 Å². The molecule has 3 nitrogen and oxygen atoms in total. The summed E-state index contributed by atoms with van der Waals surface area (Å²) in [6, 6.07) is 5.49. The fourth-order valence-electron chi connectivity index (χ4n) is 2.25. The SMILES string of the molecule is CC(=O)c1ccc(N2CCOCC2(C)C)c(Cl)c1. The van der Waals surface area contributed by atoms with E-state index in [0.29, 0.717) is 23.8 Å². The molecule has 0 aliphatic carbocycles. The summed E-state index contributed by atoms with van der Waals surface area (Å²) in [5.74, 6) is 0.0321. The van der Waals surface area contributed by atoms with Gasteiger partial charge in [-0.2, -0.15) is 0 Å². The Morgan fingerprint density at radius 3 is 2.72 bits per heavy atom. The maximum Gasteiger partial charge on any atom is 0.159 e. The van der Waals surface area contributed by atoms with Crippen molar-refractivity contribution in [1.29, 1.82) is 0 Å². The Morgan fingerprint density at radius 1 is 1.44 bits per heavy atom. The van der Waals surface area contributed by atoms with Gasteiger partial charge in [0.2, 0.25) is 0 Å². The molecule has 0 N–H and O–H groups in total. The van der Waals surface area contributed by atoms with Crippen LogP contribution in [-0.2, 0) is 4.74 Å². The summed E-state index contributed by atoms with van der Waals surface area (Å²) in [6.45, 7) is 7.99. The zero-order valence-corrected chi connectivity index (χ0v) is 11.8. The number of benzene rings is 1. The highest BCUT2D eigenvalue weighted by Crippen LogP contribution is 2.33. The Labute approximate surface area is 113 Å². The van der Waals surface area contributed by atoms with Crippen LogP contribution in [0.25, 0.3) is 0 Å². The van der Waals surface area contributed by atoms with Gasteiger partial charge in [-0.3, -0.25) is 4.79 Å². The van der Waals surface area contributed by atoms with E-state index in [1.807, 2.05) is 12.1 Å². The van der Waals surface area contributed by atoms with Gasteiger partial charge in [0, 0.05) is 12.1 Å². The summed E-state index contributed by atoms with van der Waals surface area (Å²) < 4.78 is 5.50. The quantitative estimate of drug-likeness (QED) is 0.771. The van der Waals surface area contributed by atoms with Gasteiger partial charge in [0.1, 0.15) is 0 Å². The van der Waals surface area contributed by atoms with E-state index in [1.165, 1.54) is 0 Å². The Kier molecular flexibility index (Phi) is 3.64. The third-order valence-corrected chi connectivity index (χ3v) is 3.59. The van der Waals surface area contributed by atoms with Crippen molar-refractivity contribution < 1.29 is 9.53 Å². The second-order valence-electron chi connectivity index (χ2n) is 5.24. The predicted molar refractivity (Wildman–Crippen MR) is 73.7 cm³/mol. The molecule has 0 saturated carbocycles. The van der Waals surface area contributed by atoms with Gasteiger partial charge in [-0.25, -0.2) is 0 Å². The lowest BCUT2D eigenvalue weighted by atomic mass is 10.0. The minimum absolute atomic E-state index is 0.0321. The lowest BCUT2D eigenvalue weighted by Gasteiger charge is -2.44. The summed E-state index contributed by atoms with van der Waals surface area (Å²) in [5, 5.41) is 0.623. The number of morpholine rings is 1. The molecule has 0 spiro atoms. The van der Waals surface area contributed by atoms with Gasteiger partial charge in [-0.1, -0.05) is 11.6 Å². The first-order valence-corrected chi connectivity index (χ1v) is 6.45. The van der Waals surface area contributed by atoms with Crippen LogP contribution in [0.3, 0.4) is 0 Å². The first-order valence-electron chi connectivity index (χ1n) is 6.08. The summed E-state index contributed by atoms with van der Waals surface area (Å²) in [6.07, 6.45) is 0. The van der Waals surface area contributed by atoms with Crippen LogP contribution < -0.4 is 4.90 Å². The summed E-state index contributed by atoms with van der Waals surface area (Å²) in [5.41, 5.74) is 1.53. The number of carbonyl (C=O) groups excluding carboxylic acids is 1. The highest BCUT2D eigenvalue weighted by molar-refractivity contribution is 6.33. The zero-order valence-electron chi connectivity index (χ0n) is 11.0. The van der Waals surface area contributed by atoms with Crippen molar-refractivity contribution in [1.82, 2.24) is 0 Å². The number of ketones is 1. The van der Waals surface area contributed by atoms with Gasteiger partial charge in [0.15, 0.2) is 5.78 Å². The van der Waals surface area contributed by atoms with Crippen LogP contribution in [0.1, 0.15) is 31.1 Å². The second kappa shape index (κ2) is 4.90. The molecule has 1 saturated heterocycles. The number of halogens is 1. The number of ether oxygens (including phenoxy) is 1. The largest absolute Gasteiger partial charge is 0.377 e. The lowest BCUT2D eigenvalue weighted by Crippen LogP contribution is -2.53. The molecule has 0 radical (unpaired) electrons. The third kappa shape index (κ3) is 2.52. The topological polar surface area (TPSA) is 29.5 Å². The first kappa shape index (κ1) is 13.4. The number of hydrogen-bond acceptors (Lipinski definition) is 3. The smallest absolute Gasteiger partial charge is 0.159 e. The molecule has 18 heavy (non-hydrogen) atoms. The van der Waals surface area contributed by atoms with Crippen molar-refractivity contribution in [3.8, 4) is 0 Å². The molecule has 1 fully saturated rings. The summed E-state index contributed by atoms with van der Waals surface area (Å²) in [4.78, 5) is 13.6. The van der Waals surface area contributed by atoms with Crippen LogP contribution in [0, 0.1) is 0 Å². The van der Waals surface area contributed by atoms with E-state index in [2.05, 4.69) is 18.7 Å². The molecule has 1 heterocycles. The predicted octanol–water partition coefficient (Wildman–Crippen LogP) is 3.16. The van der Waals surface area contributed by atoms with Crippen molar-refractivity contribution in [2.24, 2.45) is 0 Å².